The first-order chi connectivity index (χ1) is 9.25. The fourth-order valence-electron chi connectivity index (χ4n) is 2.29. The van der Waals surface area contributed by atoms with Crippen LogP contribution in [-0.4, -0.2) is 11.1 Å². The number of hydrogen-bond donors (Lipinski definition) is 1. The predicted octanol–water partition coefficient (Wildman–Crippen LogP) is 3.73. The summed E-state index contributed by atoms with van der Waals surface area (Å²) in [6.07, 6.45) is 1.70. The average Bonchev–Trinajstić information content (AvgIpc) is 2.82. The Balaban J connectivity index is 2.19. The van der Waals surface area contributed by atoms with Gasteiger partial charge >= 0.3 is 5.97 Å². The maximum atomic E-state index is 10.9. The van der Waals surface area contributed by atoms with Crippen LogP contribution in [0.4, 0.5) is 0 Å². The molecule has 0 amide bonds. The smallest absolute Gasteiger partial charge is 0.307 e. The van der Waals surface area contributed by atoms with Gasteiger partial charge in [-0.1, -0.05) is 42.5 Å². The summed E-state index contributed by atoms with van der Waals surface area (Å²) >= 11 is 0. The summed E-state index contributed by atoms with van der Waals surface area (Å²) in [6.45, 7) is 0. The highest BCUT2D eigenvalue weighted by molar-refractivity contribution is 5.95. The SMILES string of the molecule is O=C(O)Cc1ccccc1-c1coc2ccccc12. The van der Waals surface area contributed by atoms with Crippen molar-refractivity contribution in [2.45, 2.75) is 6.42 Å². The lowest BCUT2D eigenvalue weighted by Gasteiger charge is -2.05. The van der Waals surface area contributed by atoms with Crippen molar-refractivity contribution in [2.24, 2.45) is 0 Å². The molecule has 0 aliphatic heterocycles. The number of carbonyl (C=O) groups is 1. The van der Waals surface area contributed by atoms with E-state index in [-0.39, 0.29) is 6.42 Å². The van der Waals surface area contributed by atoms with Gasteiger partial charge in [-0.15, -0.1) is 0 Å². The number of aliphatic carboxylic acids is 1. The molecule has 1 heterocycles. The van der Waals surface area contributed by atoms with E-state index in [1.165, 1.54) is 0 Å². The third-order valence-electron chi connectivity index (χ3n) is 3.13. The number of rotatable bonds is 3. The van der Waals surface area contributed by atoms with E-state index >= 15 is 0 Å². The molecule has 3 aromatic rings. The molecule has 94 valence electrons. The van der Waals surface area contributed by atoms with Gasteiger partial charge in [-0.3, -0.25) is 4.79 Å². The summed E-state index contributed by atoms with van der Waals surface area (Å²) in [5, 5.41) is 9.98. The molecule has 19 heavy (non-hydrogen) atoms. The Labute approximate surface area is 110 Å². The summed E-state index contributed by atoms with van der Waals surface area (Å²) in [4.78, 5) is 10.9. The molecule has 0 saturated heterocycles. The first-order valence-corrected chi connectivity index (χ1v) is 6.02. The van der Waals surface area contributed by atoms with Crippen LogP contribution in [-0.2, 0) is 11.2 Å². The number of furan rings is 1. The molecular weight excluding hydrogens is 240 g/mol. The van der Waals surface area contributed by atoms with Crippen LogP contribution < -0.4 is 0 Å². The van der Waals surface area contributed by atoms with Crippen molar-refractivity contribution in [3.05, 3.63) is 60.4 Å². The Kier molecular flexibility index (Phi) is 2.80. The standard InChI is InChI=1S/C16H12O3/c17-16(18)9-11-5-1-2-6-12(11)14-10-19-15-8-4-3-7-13(14)15/h1-8,10H,9H2,(H,17,18). The summed E-state index contributed by atoms with van der Waals surface area (Å²) in [5.74, 6) is -0.833. The molecule has 3 heteroatoms. The van der Waals surface area contributed by atoms with Crippen molar-refractivity contribution in [1.29, 1.82) is 0 Å². The molecule has 0 spiro atoms. The molecule has 0 unspecified atom stereocenters. The van der Waals surface area contributed by atoms with E-state index in [2.05, 4.69) is 0 Å². The Hall–Kier alpha value is -2.55. The number of carboxylic acids is 1. The fraction of sp³-hybridized carbons (Fsp3) is 0.0625. The molecule has 0 atom stereocenters. The van der Waals surface area contributed by atoms with Gasteiger partial charge in [0.15, 0.2) is 0 Å². The molecule has 1 aromatic heterocycles. The van der Waals surface area contributed by atoms with E-state index < -0.39 is 5.97 Å². The lowest BCUT2D eigenvalue weighted by molar-refractivity contribution is -0.136. The molecule has 2 aromatic carbocycles. The highest BCUT2D eigenvalue weighted by Crippen LogP contribution is 2.32. The number of fused-ring (bicyclic) bond motifs is 1. The van der Waals surface area contributed by atoms with Gasteiger partial charge in [0.05, 0.1) is 12.7 Å². The van der Waals surface area contributed by atoms with Crippen molar-refractivity contribution in [3.63, 3.8) is 0 Å². The first-order valence-electron chi connectivity index (χ1n) is 6.02. The zero-order valence-corrected chi connectivity index (χ0v) is 10.2. The van der Waals surface area contributed by atoms with Crippen molar-refractivity contribution in [1.82, 2.24) is 0 Å². The zero-order valence-electron chi connectivity index (χ0n) is 10.2. The molecule has 0 fully saturated rings. The van der Waals surface area contributed by atoms with E-state index in [1.54, 1.807) is 6.26 Å². The van der Waals surface area contributed by atoms with Crippen molar-refractivity contribution in [3.8, 4) is 11.1 Å². The third kappa shape index (κ3) is 2.10. The lowest BCUT2D eigenvalue weighted by atomic mass is 9.97. The highest BCUT2D eigenvalue weighted by atomic mass is 16.4. The van der Waals surface area contributed by atoms with E-state index in [0.29, 0.717) is 0 Å². The highest BCUT2D eigenvalue weighted by Gasteiger charge is 2.12. The molecule has 0 aliphatic rings. The predicted molar refractivity (Wildman–Crippen MR) is 73.0 cm³/mol. The van der Waals surface area contributed by atoms with Crippen LogP contribution in [0, 0.1) is 0 Å². The minimum atomic E-state index is -0.833. The molecule has 3 nitrogen and oxygen atoms in total. The average molecular weight is 252 g/mol. The van der Waals surface area contributed by atoms with Crippen LogP contribution in [0.5, 0.6) is 0 Å². The van der Waals surface area contributed by atoms with Crippen LogP contribution in [0.25, 0.3) is 22.1 Å². The normalized spacial score (nSPS) is 10.7. The van der Waals surface area contributed by atoms with Crippen LogP contribution in [0.1, 0.15) is 5.56 Å². The van der Waals surface area contributed by atoms with Gasteiger partial charge < -0.3 is 9.52 Å². The summed E-state index contributed by atoms with van der Waals surface area (Å²) in [5.41, 5.74) is 3.45. The largest absolute Gasteiger partial charge is 0.481 e. The summed E-state index contributed by atoms with van der Waals surface area (Å²) in [7, 11) is 0. The number of para-hydroxylation sites is 1. The minimum absolute atomic E-state index is 0.00960. The Bertz CT molecular complexity index is 740. The van der Waals surface area contributed by atoms with Crippen LogP contribution in [0.3, 0.4) is 0 Å². The quantitative estimate of drug-likeness (QED) is 0.772. The molecule has 0 radical (unpaired) electrons. The Morgan fingerprint density at radius 1 is 1.00 bits per heavy atom. The molecule has 0 saturated carbocycles. The van der Waals surface area contributed by atoms with Crippen LogP contribution >= 0.6 is 0 Å². The van der Waals surface area contributed by atoms with Gasteiger partial charge in [-0.05, 0) is 17.2 Å². The molecule has 0 aliphatic carbocycles. The van der Waals surface area contributed by atoms with Crippen molar-refractivity contribution >= 4 is 16.9 Å². The molecule has 0 bridgehead atoms. The maximum absolute atomic E-state index is 10.9. The van der Waals surface area contributed by atoms with Gasteiger partial charge in [0.1, 0.15) is 5.58 Å². The van der Waals surface area contributed by atoms with Gasteiger partial charge in [0.25, 0.3) is 0 Å². The molecular formula is C16H12O3. The monoisotopic (exact) mass is 252 g/mol. The Morgan fingerprint density at radius 3 is 2.58 bits per heavy atom. The van der Waals surface area contributed by atoms with Crippen molar-refractivity contribution in [2.75, 3.05) is 0 Å². The van der Waals surface area contributed by atoms with E-state index in [1.807, 2.05) is 48.5 Å². The maximum Gasteiger partial charge on any atom is 0.307 e. The van der Waals surface area contributed by atoms with Gasteiger partial charge in [-0.25, -0.2) is 0 Å². The number of hydrogen-bond acceptors (Lipinski definition) is 2. The summed E-state index contributed by atoms with van der Waals surface area (Å²) in [6, 6.07) is 15.3. The van der Waals surface area contributed by atoms with Crippen LogP contribution in [0.2, 0.25) is 0 Å². The fourth-order valence-corrected chi connectivity index (χ4v) is 2.29. The summed E-state index contributed by atoms with van der Waals surface area (Å²) < 4.78 is 5.52. The van der Waals surface area contributed by atoms with E-state index in [0.717, 1.165) is 27.7 Å². The molecule has 1 N–H and O–H groups in total. The van der Waals surface area contributed by atoms with Gasteiger partial charge in [0, 0.05) is 10.9 Å². The van der Waals surface area contributed by atoms with E-state index in [9.17, 15) is 4.79 Å². The van der Waals surface area contributed by atoms with Gasteiger partial charge in [-0.2, -0.15) is 0 Å². The minimum Gasteiger partial charge on any atom is -0.481 e. The van der Waals surface area contributed by atoms with E-state index in [4.69, 9.17) is 9.52 Å². The Morgan fingerprint density at radius 2 is 1.74 bits per heavy atom. The topological polar surface area (TPSA) is 50.4 Å². The van der Waals surface area contributed by atoms with Gasteiger partial charge in [0.2, 0.25) is 0 Å². The van der Waals surface area contributed by atoms with Crippen LogP contribution in [0.15, 0.2) is 59.2 Å². The van der Waals surface area contributed by atoms with Crippen molar-refractivity contribution < 1.29 is 14.3 Å². The second-order valence-electron chi connectivity index (χ2n) is 4.37. The molecule has 3 rings (SSSR count). The number of benzene rings is 2. The third-order valence-corrected chi connectivity index (χ3v) is 3.13. The second kappa shape index (κ2) is 4.61. The lowest BCUT2D eigenvalue weighted by Crippen LogP contribution is -2.01. The number of carboxylic acid groups (broad SMARTS) is 1. The zero-order chi connectivity index (χ0) is 13.2. The first kappa shape index (κ1) is 11.5. The second-order valence-corrected chi connectivity index (χ2v) is 4.37.